The maximum absolute atomic E-state index is 12.5. The van der Waals surface area contributed by atoms with E-state index in [1.54, 1.807) is 28.8 Å². The zero-order valence-corrected chi connectivity index (χ0v) is 14.7. The minimum absolute atomic E-state index is 0.0135. The average molecular weight is 362 g/mol. The highest BCUT2D eigenvalue weighted by molar-refractivity contribution is 8.03. The molecule has 1 unspecified atom stereocenters. The maximum atomic E-state index is 12.5. The summed E-state index contributed by atoms with van der Waals surface area (Å²) in [5, 5.41) is 10.7. The Labute approximate surface area is 149 Å². The molecule has 8 heteroatoms. The molecule has 25 heavy (non-hydrogen) atoms. The molecule has 1 saturated heterocycles. The van der Waals surface area contributed by atoms with Crippen LogP contribution in [0.4, 0.5) is 5.69 Å². The van der Waals surface area contributed by atoms with Crippen molar-refractivity contribution in [3.63, 3.8) is 0 Å². The number of fused-ring (bicyclic) bond motifs is 1. The van der Waals surface area contributed by atoms with Crippen molar-refractivity contribution < 1.29 is 19.2 Å². The summed E-state index contributed by atoms with van der Waals surface area (Å²) < 4.78 is 5.37. The smallest absolute Gasteiger partial charge is 0.334 e. The molecule has 0 bridgehead atoms. The van der Waals surface area contributed by atoms with Crippen molar-refractivity contribution in [2.75, 3.05) is 5.75 Å². The summed E-state index contributed by atoms with van der Waals surface area (Å²) in [6.45, 7) is 3.87. The number of carbonyl (C=O) groups excluding carboxylic acids is 2. The Hall–Kier alpha value is -2.35. The zero-order valence-electron chi connectivity index (χ0n) is 13.9. The predicted octanol–water partition coefficient (Wildman–Crippen LogP) is 2.50. The second-order valence-electron chi connectivity index (χ2n) is 5.96. The SMILES string of the molecule is CCSC1=CC2[C@@H](C)C(=O)N2[C@@H]1C(=O)OCc1ccc([N+](=O)[O-])cc1. The molecule has 0 aliphatic carbocycles. The van der Waals surface area contributed by atoms with E-state index in [4.69, 9.17) is 4.74 Å². The molecule has 1 fully saturated rings. The number of β-lactam (4-membered cyclic amide) rings is 1. The summed E-state index contributed by atoms with van der Waals surface area (Å²) in [6.07, 6.45) is 1.98. The second-order valence-corrected chi connectivity index (χ2v) is 7.30. The third-order valence-corrected chi connectivity index (χ3v) is 5.40. The average Bonchev–Trinajstić information content (AvgIpc) is 2.95. The number of rotatable bonds is 6. The van der Waals surface area contributed by atoms with Crippen LogP contribution in [0.3, 0.4) is 0 Å². The van der Waals surface area contributed by atoms with Crippen LogP contribution in [0.1, 0.15) is 19.4 Å². The second kappa shape index (κ2) is 6.87. The van der Waals surface area contributed by atoms with Crippen LogP contribution in [0.5, 0.6) is 0 Å². The monoisotopic (exact) mass is 362 g/mol. The summed E-state index contributed by atoms with van der Waals surface area (Å²) in [4.78, 5) is 37.3. The lowest BCUT2D eigenvalue weighted by atomic mass is 9.91. The number of esters is 1. The highest BCUT2D eigenvalue weighted by Crippen LogP contribution is 2.42. The van der Waals surface area contributed by atoms with Crippen LogP contribution in [-0.2, 0) is 20.9 Å². The van der Waals surface area contributed by atoms with Gasteiger partial charge in [0.2, 0.25) is 5.91 Å². The zero-order chi connectivity index (χ0) is 18.1. The highest BCUT2D eigenvalue weighted by Gasteiger charge is 2.54. The fraction of sp³-hybridized carbons (Fsp3) is 0.412. The molecule has 0 aromatic heterocycles. The molecule has 2 heterocycles. The summed E-state index contributed by atoms with van der Waals surface area (Å²) in [7, 11) is 0. The van der Waals surface area contributed by atoms with Gasteiger partial charge in [0.25, 0.3) is 5.69 Å². The van der Waals surface area contributed by atoms with E-state index in [0.29, 0.717) is 5.56 Å². The van der Waals surface area contributed by atoms with Crippen LogP contribution in [0.15, 0.2) is 35.2 Å². The number of hydrogen-bond acceptors (Lipinski definition) is 6. The van der Waals surface area contributed by atoms with E-state index in [9.17, 15) is 19.7 Å². The Morgan fingerprint density at radius 2 is 2.04 bits per heavy atom. The fourth-order valence-electron chi connectivity index (χ4n) is 3.08. The van der Waals surface area contributed by atoms with Gasteiger partial charge in [-0.25, -0.2) is 4.79 Å². The molecule has 2 aliphatic rings. The largest absolute Gasteiger partial charge is 0.459 e. The third kappa shape index (κ3) is 3.13. The van der Waals surface area contributed by atoms with Crippen LogP contribution >= 0.6 is 11.8 Å². The van der Waals surface area contributed by atoms with Gasteiger partial charge in [-0.05, 0) is 29.5 Å². The normalized spacial score (nSPS) is 24.4. The minimum Gasteiger partial charge on any atom is -0.459 e. The minimum atomic E-state index is -0.670. The van der Waals surface area contributed by atoms with E-state index in [0.717, 1.165) is 10.7 Å². The molecule has 7 nitrogen and oxygen atoms in total. The number of amides is 1. The van der Waals surface area contributed by atoms with E-state index in [-0.39, 0.29) is 30.2 Å². The Bertz CT molecular complexity index is 746. The molecule has 0 saturated carbocycles. The van der Waals surface area contributed by atoms with Crippen molar-refractivity contribution in [2.24, 2.45) is 5.92 Å². The first-order valence-corrected chi connectivity index (χ1v) is 8.99. The van der Waals surface area contributed by atoms with E-state index in [1.165, 1.54) is 12.1 Å². The first-order chi connectivity index (χ1) is 11.9. The lowest BCUT2D eigenvalue weighted by Crippen LogP contribution is -2.61. The number of non-ortho nitro benzene ring substituents is 1. The van der Waals surface area contributed by atoms with Gasteiger partial charge in [0.15, 0.2) is 6.04 Å². The van der Waals surface area contributed by atoms with Crippen LogP contribution in [0, 0.1) is 16.0 Å². The van der Waals surface area contributed by atoms with Crippen LogP contribution < -0.4 is 0 Å². The molecular weight excluding hydrogens is 344 g/mol. The van der Waals surface area contributed by atoms with E-state index in [1.807, 2.05) is 19.9 Å². The van der Waals surface area contributed by atoms with Gasteiger partial charge in [-0.15, -0.1) is 11.8 Å². The highest BCUT2D eigenvalue weighted by atomic mass is 32.2. The van der Waals surface area contributed by atoms with Gasteiger partial charge in [-0.3, -0.25) is 14.9 Å². The molecule has 1 amide bonds. The fourth-order valence-corrected chi connectivity index (χ4v) is 4.01. The molecule has 0 N–H and O–H groups in total. The molecule has 132 valence electrons. The number of nitro benzene ring substituents is 1. The summed E-state index contributed by atoms with van der Waals surface area (Å²) in [5.74, 6) is 0.208. The Balaban J connectivity index is 1.66. The number of ether oxygens (including phenoxy) is 1. The van der Waals surface area contributed by atoms with Crippen LogP contribution in [0.2, 0.25) is 0 Å². The van der Waals surface area contributed by atoms with Gasteiger partial charge < -0.3 is 9.64 Å². The lowest BCUT2D eigenvalue weighted by molar-refractivity contribution is -0.384. The number of nitrogens with zero attached hydrogens (tertiary/aromatic N) is 2. The van der Waals surface area contributed by atoms with Gasteiger partial charge in [0.1, 0.15) is 6.61 Å². The number of thioether (sulfide) groups is 1. The number of nitro groups is 1. The van der Waals surface area contributed by atoms with Gasteiger partial charge in [-0.1, -0.05) is 13.8 Å². The van der Waals surface area contributed by atoms with E-state index < -0.39 is 16.9 Å². The first-order valence-electron chi connectivity index (χ1n) is 8.00. The van der Waals surface area contributed by atoms with E-state index >= 15 is 0 Å². The number of benzene rings is 1. The quantitative estimate of drug-likeness (QED) is 0.334. The summed E-state index contributed by atoms with van der Waals surface area (Å²) >= 11 is 1.55. The van der Waals surface area contributed by atoms with Gasteiger partial charge in [0.05, 0.1) is 16.9 Å². The molecule has 2 aliphatic heterocycles. The van der Waals surface area contributed by atoms with Crippen molar-refractivity contribution in [3.8, 4) is 0 Å². The Morgan fingerprint density at radius 3 is 2.64 bits per heavy atom. The molecule has 3 atom stereocenters. The molecule has 0 spiro atoms. The first kappa shape index (κ1) is 17.5. The standard InChI is InChI=1S/C17H18N2O5S/c1-3-25-14-8-13-10(2)16(20)18(13)15(14)17(21)24-9-11-4-6-12(7-5-11)19(22)23/h4-8,10,13,15H,3,9H2,1-2H3/t10-,13?,15+/m1/s1. The van der Waals surface area contributed by atoms with Gasteiger partial charge >= 0.3 is 5.97 Å². The van der Waals surface area contributed by atoms with Crippen molar-refractivity contribution in [1.82, 2.24) is 4.90 Å². The Kier molecular flexibility index (Phi) is 4.80. The van der Waals surface area contributed by atoms with Crippen molar-refractivity contribution in [2.45, 2.75) is 32.5 Å². The number of hydrogen-bond donors (Lipinski definition) is 0. The molecular formula is C17H18N2O5S. The van der Waals surface area contributed by atoms with Crippen LogP contribution in [0.25, 0.3) is 0 Å². The molecule has 3 rings (SSSR count). The van der Waals surface area contributed by atoms with Gasteiger partial charge in [-0.2, -0.15) is 0 Å². The van der Waals surface area contributed by atoms with Crippen molar-refractivity contribution in [1.29, 1.82) is 0 Å². The van der Waals surface area contributed by atoms with Gasteiger partial charge in [0, 0.05) is 17.0 Å². The van der Waals surface area contributed by atoms with Crippen LogP contribution in [-0.4, -0.2) is 39.5 Å². The number of carbonyl (C=O) groups is 2. The van der Waals surface area contributed by atoms with Crippen molar-refractivity contribution in [3.05, 3.63) is 50.9 Å². The molecule has 1 aromatic rings. The molecule has 0 radical (unpaired) electrons. The summed E-state index contributed by atoms with van der Waals surface area (Å²) in [6, 6.07) is 5.14. The molecule has 1 aromatic carbocycles. The predicted molar refractivity (Wildman–Crippen MR) is 92.7 cm³/mol. The topological polar surface area (TPSA) is 89.8 Å². The maximum Gasteiger partial charge on any atom is 0.334 e. The summed E-state index contributed by atoms with van der Waals surface area (Å²) in [5.41, 5.74) is 0.643. The third-order valence-electron chi connectivity index (χ3n) is 4.42. The van der Waals surface area contributed by atoms with Crippen molar-refractivity contribution >= 4 is 29.3 Å². The lowest BCUT2D eigenvalue weighted by Gasteiger charge is -2.43. The Morgan fingerprint density at radius 1 is 1.36 bits per heavy atom. The van der Waals surface area contributed by atoms with E-state index in [2.05, 4.69) is 0 Å².